The molecule has 0 atom stereocenters. The van der Waals surface area contributed by atoms with Gasteiger partial charge < -0.3 is 4.74 Å². The van der Waals surface area contributed by atoms with Crippen LogP contribution in [0.15, 0.2) is 34.1 Å². The van der Waals surface area contributed by atoms with E-state index in [-0.39, 0.29) is 11.4 Å². The van der Waals surface area contributed by atoms with Crippen LogP contribution in [0.5, 0.6) is 0 Å². The molecule has 1 saturated heterocycles. The maximum atomic E-state index is 13.2. The van der Waals surface area contributed by atoms with Crippen LogP contribution < -0.4 is 5.48 Å². The summed E-state index contributed by atoms with van der Waals surface area (Å²) in [6.45, 7) is 2.92. The second kappa shape index (κ2) is 11.4. The molecule has 2 fully saturated rings. The Labute approximate surface area is 183 Å². The summed E-state index contributed by atoms with van der Waals surface area (Å²) in [4.78, 5) is 15.0. The normalized spacial score (nSPS) is 19.1. The first-order valence-electron chi connectivity index (χ1n) is 10.5. The fraction of sp³-hybridized carbons (Fsp3) is 0.650. The third kappa shape index (κ3) is 6.66. The van der Waals surface area contributed by atoms with Crippen LogP contribution in [0.1, 0.15) is 32.1 Å². The molecule has 1 aliphatic heterocycles. The van der Waals surface area contributed by atoms with Gasteiger partial charge in [0.05, 0.1) is 24.7 Å². The lowest BCUT2D eigenvalue weighted by molar-refractivity contribution is -0.129. The molecule has 1 aromatic carbocycles. The molecule has 10 heteroatoms. The van der Waals surface area contributed by atoms with Crippen molar-refractivity contribution in [1.29, 1.82) is 0 Å². The monoisotopic (exact) mass is 457 g/mol. The number of sulfonamides is 1. The molecule has 1 amide bonds. The summed E-state index contributed by atoms with van der Waals surface area (Å²) < 4.78 is 32.8. The minimum absolute atomic E-state index is 0.156. The maximum absolute atomic E-state index is 13.2. The molecule has 0 spiro atoms. The molecule has 1 aromatic rings. The maximum Gasteiger partial charge on any atom is 0.258 e. The third-order valence-electron chi connectivity index (χ3n) is 5.53. The average molecular weight is 458 g/mol. The number of thioether (sulfide) groups is 1. The van der Waals surface area contributed by atoms with Gasteiger partial charge in [0.1, 0.15) is 0 Å². The zero-order valence-corrected chi connectivity index (χ0v) is 18.8. The van der Waals surface area contributed by atoms with Gasteiger partial charge in [-0.1, -0.05) is 19.3 Å². The highest BCUT2D eigenvalue weighted by Crippen LogP contribution is 2.34. The van der Waals surface area contributed by atoms with Gasteiger partial charge in [0, 0.05) is 36.3 Å². The molecule has 0 aromatic heterocycles. The quantitative estimate of drug-likeness (QED) is 0.432. The van der Waals surface area contributed by atoms with Crippen molar-refractivity contribution >= 4 is 27.7 Å². The number of nitrogens with one attached hydrogen (secondary N) is 1. The van der Waals surface area contributed by atoms with Crippen LogP contribution in [0.25, 0.3) is 0 Å². The minimum Gasteiger partial charge on any atom is -0.379 e. The van der Waals surface area contributed by atoms with Gasteiger partial charge in [-0.25, -0.2) is 13.9 Å². The van der Waals surface area contributed by atoms with Gasteiger partial charge in [-0.15, -0.1) is 11.8 Å². The Balaban J connectivity index is 1.67. The first-order valence-corrected chi connectivity index (χ1v) is 12.8. The van der Waals surface area contributed by atoms with Crippen LogP contribution in [-0.2, 0) is 19.6 Å². The molecule has 8 nitrogen and oxygen atoms in total. The Morgan fingerprint density at radius 3 is 2.47 bits per heavy atom. The molecule has 1 saturated carbocycles. The van der Waals surface area contributed by atoms with Crippen molar-refractivity contribution in [3.05, 3.63) is 24.3 Å². The molecule has 1 heterocycles. The molecular formula is C20H31N3O5S2. The van der Waals surface area contributed by atoms with Crippen molar-refractivity contribution in [1.82, 2.24) is 14.7 Å². The summed E-state index contributed by atoms with van der Waals surface area (Å²) in [6.07, 6.45) is 6.23. The second-order valence-corrected chi connectivity index (χ2v) is 11.0. The number of hydrogen-bond acceptors (Lipinski definition) is 7. The molecule has 1 aliphatic carbocycles. The van der Waals surface area contributed by atoms with Gasteiger partial charge in [0.2, 0.25) is 10.0 Å². The highest BCUT2D eigenvalue weighted by atomic mass is 32.2. The molecule has 3 rings (SSSR count). The molecule has 168 valence electrons. The lowest BCUT2D eigenvalue weighted by atomic mass is 10.0. The number of carbonyl (C=O) groups excluding carboxylic acids is 1. The van der Waals surface area contributed by atoms with Crippen molar-refractivity contribution in [2.24, 2.45) is 0 Å². The van der Waals surface area contributed by atoms with E-state index in [9.17, 15) is 13.2 Å². The smallest absolute Gasteiger partial charge is 0.258 e. The third-order valence-corrected chi connectivity index (χ3v) is 8.74. The van der Waals surface area contributed by atoms with Gasteiger partial charge in [-0.3, -0.25) is 14.9 Å². The summed E-state index contributed by atoms with van der Waals surface area (Å²) in [5.41, 5.74) is 1.53. The Kier molecular flexibility index (Phi) is 8.97. The molecule has 30 heavy (non-hydrogen) atoms. The van der Waals surface area contributed by atoms with Gasteiger partial charge in [-0.2, -0.15) is 4.31 Å². The van der Waals surface area contributed by atoms with Crippen molar-refractivity contribution in [2.45, 2.75) is 47.1 Å². The van der Waals surface area contributed by atoms with Crippen LogP contribution in [0.3, 0.4) is 0 Å². The van der Waals surface area contributed by atoms with E-state index in [1.54, 1.807) is 12.1 Å². The van der Waals surface area contributed by atoms with Gasteiger partial charge in [0.25, 0.3) is 5.91 Å². The number of ether oxygens (including phenoxy) is 1. The second-order valence-electron chi connectivity index (χ2n) is 7.68. The summed E-state index contributed by atoms with van der Waals surface area (Å²) in [5, 5.41) is 9.48. The zero-order valence-electron chi connectivity index (χ0n) is 17.2. The van der Waals surface area contributed by atoms with E-state index in [0.29, 0.717) is 25.0 Å². The fourth-order valence-corrected chi connectivity index (χ4v) is 6.41. The van der Waals surface area contributed by atoms with E-state index >= 15 is 0 Å². The molecular weight excluding hydrogens is 426 g/mol. The Morgan fingerprint density at radius 2 is 1.83 bits per heavy atom. The van der Waals surface area contributed by atoms with Crippen LogP contribution in [0, 0.1) is 0 Å². The van der Waals surface area contributed by atoms with Crippen LogP contribution >= 0.6 is 11.8 Å². The van der Waals surface area contributed by atoms with Gasteiger partial charge in [-0.05, 0) is 37.1 Å². The molecule has 2 aliphatic rings. The fourth-order valence-electron chi connectivity index (χ4n) is 3.77. The first-order chi connectivity index (χ1) is 14.5. The van der Waals surface area contributed by atoms with E-state index in [2.05, 4.69) is 4.90 Å². The molecule has 0 radical (unpaired) electrons. The molecule has 0 bridgehead atoms. The van der Waals surface area contributed by atoms with Crippen molar-refractivity contribution in [3.63, 3.8) is 0 Å². The van der Waals surface area contributed by atoms with Crippen molar-refractivity contribution in [2.75, 3.05) is 45.9 Å². The predicted molar refractivity (Wildman–Crippen MR) is 115 cm³/mol. The number of nitrogens with zero attached hydrogens (tertiary/aromatic N) is 2. The minimum atomic E-state index is -3.86. The number of amides is 1. The van der Waals surface area contributed by atoms with Crippen LogP contribution in [0.2, 0.25) is 0 Å². The summed E-state index contributed by atoms with van der Waals surface area (Å²) in [6, 6.07) is 6.91. The van der Waals surface area contributed by atoms with Crippen molar-refractivity contribution in [3.8, 4) is 0 Å². The Morgan fingerprint density at radius 1 is 1.17 bits per heavy atom. The summed E-state index contributed by atoms with van der Waals surface area (Å²) in [7, 11) is -3.86. The lowest BCUT2D eigenvalue weighted by Crippen LogP contribution is -2.46. The first kappa shape index (κ1) is 23.5. The van der Waals surface area contributed by atoms with Gasteiger partial charge in [0.15, 0.2) is 0 Å². The lowest BCUT2D eigenvalue weighted by Gasteiger charge is -2.29. The zero-order chi connectivity index (χ0) is 21.4. The number of carbonyl (C=O) groups is 1. The number of rotatable bonds is 9. The van der Waals surface area contributed by atoms with Gasteiger partial charge >= 0.3 is 0 Å². The number of morpholine rings is 1. The molecule has 2 N–H and O–H groups in total. The molecule has 0 unspecified atom stereocenters. The summed E-state index contributed by atoms with van der Waals surface area (Å²) >= 11 is 1.81. The highest BCUT2D eigenvalue weighted by molar-refractivity contribution is 8.00. The number of hydrogen-bond donors (Lipinski definition) is 2. The van der Waals surface area contributed by atoms with E-state index in [4.69, 9.17) is 9.94 Å². The van der Waals surface area contributed by atoms with E-state index < -0.39 is 22.5 Å². The van der Waals surface area contributed by atoms with Crippen LogP contribution in [0.4, 0.5) is 0 Å². The van der Waals surface area contributed by atoms with E-state index in [1.807, 2.05) is 23.9 Å². The largest absolute Gasteiger partial charge is 0.379 e. The summed E-state index contributed by atoms with van der Waals surface area (Å²) in [5.74, 6) is -0.759. The van der Waals surface area contributed by atoms with E-state index in [0.717, 1.165) is 22.3 Å². The van der Waals surface area contributed by atoms with Crippen LogP contribution in [-0.4, -0.2) is 79.9 Å². The Bertz CT molecular complexity index is 776. The topological polar surface area (TPSA) is 99.2 Å². The average Bonchev–Trinajstić information content (AvgIpc) is 2.78. The number of benzene rings is 1. The SMILES string of the molecule is O=C(CN(CCN1CCOCC1)S(=O)(=O)c1ccc(SC2CCCCC2)cc1)NO. The number of hydroxylamine groups is 1. The standard InChI is InChI=1S/C20H31N3O5S2/c24-20(21-25)16-23(11-10-22-12-14-28-15-13-22)30(26,27)19-8-6-18(7-9-19)29-17-4-2-1-3-5-17/h6-9,17,25H,1-5,10-16H2,(H,21,24). The van der Waals surface area contributed by atoms with Crippen molar-refractivity contribution < 1.29 is 23.2 Å². The predicted octanol–water partition coefficient (Wildman–Crippen LogP) is 1.94. The Hall–Kier alpha value is -1.17. The highest BCUT2D eigenvalue weighted by Gasteiger charge is 2.27. The van der Waals surface area contributed by atoms with E-state index in [1.165, 1.54) is 37.6 Å².